The fraction of sp³-hybridized carbons (Fsp3) is 0.0952. The van der Waals surface area contributed by atoms with Gasteiger partial charge in [0.05, 0.1) is 15.8 Å². The first kappa shape index (κ1) is 17.7. The van der Waals surface area contributed by atoms with Crippen LogP contribution in [0.3, 0.4) is 0 Å². The highest BCUT2D eigenvalue weighted by Crippen LogP contribution is 2.32. The van der Waals surface area contributed by atoms with Crippen molar-refractivity contribution in [3.05, 3.63) is 78.5 Å². The van der Waals surface area contributed by atoms with Gasteiger partial charge in [-0.05, 0) is 43.3 Å². The minimum atomic E-state index is -0.0805. The molecule has 0 radical (unpaired) electrons. The molecule has 4 rings (SSSR count). The molecule has 134 valence electrons. The van der Waals surface area contributed by atoms with Crippen molar-refractivity contribution in [3.63, 3.8) is 0 Å². The summed E-state index contributed by atoms with van der Waals surface area (Å²) in [7, 11) is 0. The van der Waals surface area contributed by atoms with E-state index in [-0.39, 0.29) is 5.91 Å². The summed E-state index contributed by atoms with van der Waals surface area (Å²) in [6.45, 7) is 2.51. The number of hydrogen-bond acceptors (Lipinski definition) is 5. The molecule has 0 unspecified atom stereocenters. The summed E-state index contributed by atoms with van der Waals surface area (Å²) in [5.41, 5.74) is 1.50. The van der Waals surface area contributed by atoms with Gasteiger partial charge in [-0.15, -0.1) is 0 Å². The van der Waals surface area contributed by atoms with Crippen LogP contribution in [0, 0.1) is 0 Å². The Balaban J connectivity index is 1.68. The van der Waals surface area contributed by atoms with Crippen LogP contribution in [0.2, 0.25) is 0 Å². The lowest BCUT2D eigenvalue weighted by atomic mass is 10.2. The van der Waals surface area contributed by atoms with Crippen LogP contribution in [0.1, 0.15) is 17.3 Å². The van der Waals surface area contributed by atoms with E-state index in [1.54, 1.807) is 17.2 Å². The summed E-state index contributed by atoms with van der Waals surface area (Å²) in [5.74, 6) is -0.0805. The van der Waals surface area contributed by atoms with Gasteiger partial charge in [-0.2, -0.15) is 0 Å². The molecular formula is C21H17N3OS2. The molecule has 0 N–H and O–H groups in total. The molecule has 0 saturated carbocycles. The van der Waals surface area contributed by atoms with Gasteiger partial charge in [-0.3, -0.25) is 9.69 Å². The number of nitrogens with zero attached hydrogens (tertiary/aromatic N) is 3. The van der Waals surface area contributed by atoms with E-state index < -0.39 is 0 Å². The fourth-order valence-electron chi connectivity index (χ4n) is 2.72. The minimum absolute atomic E-state index is 0.0805. The third-order valence-electron chi connectivity index (χ3n) is 4.03. The topological polar surface area (TPSA) is 46.1 Å². The quantitative estimate of drug-likeness (QED) is 0.450. The Labute approximate surface area is 165 Å². The average molecular weight is 392 g/mol. The third-order valence-corrected chi connectivity index (χ3v) is 6.12. The number of amides is 1. The largest absolute Gasteiger partial charge is 0.284 e. The Morgan fingerprint density at radius 1 is 1.04 bits per heavy atom. The molecule has 2 aromatic heterocycles. The number of rotatable bonds is 5. The summed E-state index contributed by atoms with van der Waals surface area (Å²) in [5, 5.41) is 1.41. The molecule has 0 bridgehead atoms. The van der Waals surface area contributed by atoms with Crippen LogP contribution in [-0.4, -0.2) is 22.4 Å². The second-order valence-electron chi connectivity index (χ2n) is 5.78. The molecule has 0 aliphatic rings. The second kappa shape index (κ2) is 7.90. The molecule has 2 aromatic carbocycles. The van der Waals surface area contributed by atoms with Gasteiger partial charge in [0.25, 0.3) is 5.91 Å². The zero-order chi connectivity index (χ0) is 18.6. The Bertz CT molecular complexity index is 1050. The highest BCUT2D eigenvalue weighted by atomic mass is 32.2. The van der Waals surface area contributed by atoms with Crippen molar-refractivity contribution in [2.24, 2.45) is 0 Å². The number of fused-ring (bicyclic) bond motifs is 1. The lowest BCUT2D eigenvalue weighted by Crippen LogP contribution is -2.31. The SMILES string of the molecule is CCN(C(=O)c1cccnc1Sc1ccccc1)c1nc2ccccc2s1. The van der Waals surface area contributed by atoms with Gasteiger partial charge in [-0.25, -0.2) is 9.97 Å². The molecule has 4 aromatic rings. The first-order valence-electron chi connectivity index (χ1n) is 8.61. The normalized spacial score (nSPS) is 10.9. The number of hydrogen-bond donors (Lipinski definition) is 0. The number of para-hydroxylation sites is 1. The summed E-state index contributed by atoms with van der Waals surface area (Å²) in [4.78, 5) is 25.2. The zero-order valence-corrected chi connectivity index (χ0v) is 16.3. The molecule has 2 heterocycles. The number of pyridine rings is 1. The van der Waals surface area contributed by atoms with Crippen LogP contribution in [0.15, 0.2) is 82.8 Å². The zero-order valence-electron chi connectivity index (χ0n) is 14.7. The lowest BCUT2D eigenvalue weighted by Gasteiger charge is -2.18. The number of thiazole rings is 1. The summed E-state index contributed by atoms with van der Waals surface area (Å²) in [6.07, 6.45) is 1.72. The molecule has 6 heteroatoms. The van der Waals surface area contributed by atoms with E-state index in [1.165, 1.54) is 23.1 Å². The van der Waals surface area contributed by atoms with Crippen LogP contribution in [0.25, 0.3) is 10.2 Å². The van der Waals surface area contributed by atoms with E-state index in [0.717, 1.165) is 15.1 Å². The highest BCUT2D eigenvalue weighted by Gasteiger charge is 2.23. The average Bonchev–Trinajstić information content (AvgIpc) is 3.13. The van der Waals surface area contributed by atoms with Crippen LogP contribution in [-0.2, 0) is 0 Å². The summed E-state index contributed by atoms with van der Waals surface area (Å²) >= 11 is 3.02. The number of benzene rings is 2. The van der Waals surface area contributed by atoms with Crippen molar-refractivity contribution in [3.8, 4) is 0 Å². The van der Waals surface area contributed by atoms with Gasteiger partial charge in [-0.1, -0.05) is 53.4 Å². The van der Waals surface area contributed by atoms with Crippen molar-refractivity contribution in [1.82, 2.24) is 9.97 Å². The van der Waals surface area contributed by atoms with E-state index in [0.29, 0.717) is 22.3 Å². The summed E-state index contributed by atoms with van der Waals surface area (Å²) in [6, 6.07) is 21.5. The maximum atomic E-state index is 13.3. The monoisotopic (exact) mass is 391 g/mol. The smallest absolute Gasteiger partial charge is 0.262 e. The number of anilines is 1. The van der Waals surface area contributed by atoms with Gasteiger partial charge in [0.15, 0.2) is 5.13 Å². The molecule has 0 atom stereocenters. The third kappa shape index (κ3) is 3.72. The van der Waals surface area contributed by atoms with E-state index in [9.17, 15) is 4.79 Å². The van der Waals surface area contributed by atoms with Crippen LogP contribution in [0.5, 0.6) is 0 Å². The van der Waals surface area contributed by atoms with Gasteiger partial charge in [0.1, 0.15) is 5.03 Å². The van der Waals surface area contributed by atoms with Crippen molar-refractivity contribution in [1.29, 1.82) is 0 Å². The maximum absolute atomic E-state index is 13.3. The van der Waals surface area contributed by atoms with Gasteiger partial charge < -0.3 is 0 Å². The first-order valence-corrected chi connectivity index (χ1v) is 10.2. The second-order valence-corrected chi connectivity index (χ2v) is 7.86. The predicted octanol–water partition coefficient (Wildman–Crippen LogP) is 5.51. The van der Waals surface area contributed by atoms with E-state index in [2.05, 4.69) is 9.97 Å². The first-order chi connectivity index (χ1) is 13.3. The maximum Gasteiger partial charge on any atom is 0.262 e. The van der Waals surface area contributed by atoms with Crippen molar-refractivity contribution >= 4 is 44.4 Å². The molecular weight excluding hydrogens is 374 g/mol. The van der Waals surface area contributed by atoms with Crippen molar-refractivity contribution in [2.75, 3.05) is 11.4 Å². The Morgan fingerprint density at radius 2 is 1.81 bits per heavy atom. The number of carbonyl (C=O) groups is 1. The predicted molar refractivity (Wildman–Crippen MR) is 112 cm³/mol. The van der Waals surface area contributed by atoms with E-state index in [1.807, 2.05) is 67.6 Å². The van der Waals surface area contributed by atoms with Crippen LogP contribution < -0.4 is 4.90 Å². The molecule has 0 aliphatic heterocycles. The van der Waals surface area contributed by atoms with Gasteiger partial charge in [0, 0.05) is 17.6 Å². The molecule has 27 heavy (non-hydrogen) atoms. The molecule has 0 spiro atoms. The van der Waals surface area contributed by atoms with Crippen molar-refractivity contribution < 1.29 is 4.79 Å². The van der Waals surface area contributed by atoms with Gasteiger partial charge in [0.2, 0.25) is 0 Å². The molecule has 0 saturated heterocycles. The molecule has 0 aliphatic carbocycles. The Kier molecular flexibility index (Phi) is 5.18. The Morgan fingerprint density at radius 3 is 2.59 bits per heavy atom. The fourth-order valence-corrected chi connectivity index (χ4v) is 4.64. The highest BCUT2D eigenvalue weighted by molar-refractivity contribution is 7.99. The number of aromatic nitrogens is 2. The molecule has 0 fully saturated rings. The van der Waals surface area contributed by atoms with Crippen molar-refractivity contribution in [2.45, 2.75) is 16.8 Å². The minimum Gasteiger partial charge on any atom is -0.284 e. The summed E-state index contributed by atoms with van der Waals surface area (Å²) < 4.78 is 1.07. The Hall–Kier alpha value is -2.70. The lowest BCUT2D eigenvalue weighted by molar-refractivity contribution is 0.0985. The standard InChI is InChI=1S/C21H17N3OS2/c1-2-24(21-23-17-12-6-7-13-18(17)27-21)20(25)16-11-8-14-22-19(16)26-15-9-4-3-5-10-15/h3-14H,2H2,1H3. The molecule has 1 amide bonds. The number of carbonyl (C=O) groups excluding carboxylic acids is 1. The van der Waals surface area contributed by atoms with E-state index >= 15 is 0 Å². The van der Waals surface area contributed by atoms with Gasteiger partial charge >= 0.3 is 0 Å². The molecule has 4 nitrogen and oxygen atoms in total. The van der Waals surface area contributed by atoms with Crippen LogP contribution >= 0.6 is 23.1 Å². The van der Waals surface area contributed by atoms with Crippen LogP contribution in [0.4, 0.5) is 5.13 Å². The van der Waals surface area contributed by atoms with E-state index in [4.69, 9.17) is 0 Å².